The maximum Gasteiger partial charge on any atom is 0.234 e. The average molecular weight is 283 g/mol. The van der Waals surface area contributed by atoms with Crippen molar-refractivity contribution in [1.82, 2.24) is 5.32 Å². The Morgan fingerprint density at radius 3 is 2.74 bits per heavy atom. The number of benzene rings is 1. The maximum atomic E-state index is 11.7. The highest BCUT2D eigenvalue weighted by atomic mass is 35.5. The predicted octanol–water partition coefficient (Wildman–Crippen LogP) is 1.59. The van der Waals surface area contributed by atoms with Crippen LogP contribution in [-0.4, -0.2) is 17.7 Å². The van der Waals surface area contributed by atoms with E-state index >= 15 is 0 Å². The Morgan fingerprint density at radius 1 is 1.37 bits per heavy atom. The molecule has 0 spiro atoms. The molecule has 1 atom stereocenters. The number of carbonyl (C=O) groups excluding carboxylic acids is 3. The minimum Gasteiger partial charge on any atom is -0.326 e. The number of imide groups is 1. The molecule has 2 rings (SSSR count). The summed E-state index contributed by atoms with van der Waals surface area (Å²) >= 11 is 0. The van der Waals surface area contributed by atoms with Crippen molar-refractivity contribution in [2.45, 2.75) is 25.7 Å². The zero-order valence-corrected chi connectivity index (χ0v) is 11.3. The minimum atomic E-state index is -0.323. The molecule has 1 aromatic carbocycles. The molecule has 0 radical (unpaired) electrons. The van der Waals surface area contributed by atoms with Crippen LogP contribution in [0, 0.1) is 0 Å². The standard InChI is InChI=1S/C13H14N2O3.ClH/c1-8(16)14-10-4-2-3-9(7-10)11-5-6-12(17)15-13(11)18;/h2-4,7,11H,5-6H2,1H3,(H,14,16)(H,15,17,18);1H. The van der Waals surface area contributed by atoms with Crippen molar-refractivity contribution in [2.75, 3.05) is 5.32 Å². The van der Waals surface area contributed by atoms with Gasteiger partial charge in [0.1, 0.15) is 0 Å². The number of hydrogen-bond acceptors (Lipinski definition) is 3. The second-order valence-corrected chi connectivity index (χ2v) is 4.31. The maximum absolute atomic E-state index is 11.7. The third-order valence-corrected chi connectivity index (χ3v) is 2.85. The highest BCUT2D eigenvalue weighted by molar-refractivity contribution is 6.01. The molecule has 1 fully saturated rings. The van der Waals surface area contributed by atoms with Gasteiger partial charge in [0.15, 0.2) is 0 Å². The van der Waals surface area contributed by atoms with Crippen LogP contribution in [-0.2, 0) is 14.4 Å². The number of piperidine rings is 1. The molecule has 2 N–H and O–H groups in total. The molecule has 0 saturated carbocycles. The van der Waals surface area contributed by atoms with Crippen molar-refractivity contribution in [1.29, 1.82) is 0 Å². The second-order valence-electron chi connectivity index (χ2n) is 4.31. The van der Waals surface area contributed by atoms with Crippen molar-refractivity contribution >= 4 is 35.8 Å². The number of amides is 3. The fraction of sp³-hybridized carbons (Fsp3) is 0.308. The summed E-state index contributed by atoms with van der Waals surface area (Å²) in [7, 11) is 0. The number of carbonyl (C=O) groups is 3. The highest BCUT2D eigenvalue weighted by Crippen LogP contribution is 2.26. The van der Waals surface area contributed by atoms with Crippen molar-refractivity contribution < 1.29 is 14.4 Å². The molecule has 1 aromatic rings. The molecule has 102 valence electrons. The van der Waals surface area contributed by atoms with E-state index in [1.54, 1.807) is 18.2 Å². The van der Waals surface area contributed by atoms with Crippen molar-refractivity contribution in [2.24, 2.45) is 0 Å². The van der Waals surface area contributed by atoms with Crippen molar-refractivity contribution in [3.8, 4) is 0 Å². The number of hydrogen-bond donors (Lipinski definition) is 2. The lowest BCUT2D eigenvalue weighted by Gasteiger charge is -2.21. The van der Waals surface area contributed by atoms with Gasteiger partial charge in [-0.25, -0.2) is 0 Å². The van der Waals surface area contributed by atoms with Crippen LogP contribution in [0.2, 0.25) is 0 Å². The summed E-state index contributed by atoms with van der Waals surface area (Å²) in [6.07, 6.45) is 0.856. The van der Waals surface area contributed by atoms with Crippen LogP contribution in [0.15, 0.2) is 24.3 Å². The van der Waals surface area contributed by atoms with E-state index in [4.69, 9.17) is 0 Å². The van der Waals surface area contributed by atoms with Gasteiger partial charge >= 0.3 is 0 Å². The lowest BCUT2D eigenvalue weighted by atomic mass is 9.90. The molecule has 1 saturated heterocycles. The summed E-state index contributed by atoms with van der Waals surface area (Å²) in [6, 6.07) is 7.13. The Bertz CT molecular complexity index is 516. The van der Waals surface area contributed by atoms with Gasteiger partial charge in [0, 0.05) is 19.0 Å². The van der Waals surface area contributed by atoms with E-state index in [1.807, 2.05) is 6.07 Å². The molecule has 6 heteroatoms. The van der Waals surface area contributed by atoms with Crippen molar-refractivity contribution in [3.05, 3.63) is 29.8 Å². The smallest absolute Gasteiger partial charge is 0.234 e. The van der Waals surface area contributed by atoms with Crippen molar-refractivity contribution in [3.63, 3.8) is 0 Å². The summed E-state index contributed by atoms with van der Waals surface area (Å²) in [5.41, 5.74) is 1.47. The number of anilines is 1. The van der Waals surface area contributed by atoms with Crippen LogP contribution >= 0.6 is 12.4 Å². The molecular weight excluding hydrogens is 268 g/mol. The molecule has 1 aliphatic heterocycles. The normalized spacial score (nSPS) is 18.3. The van der Waals surface area contributed by atoms with Gasteiger partial charge in [-0.1, -0.05) is 12.1 Å². The van der Waals surface area contributed by atoms with Crippen LogP contribution in [0.5, 0.6) is 0 Å². The van der Waals surface area contributed by atoms with Crippen LogP contribution in [0.1, 0.15) is 31.2 Å². The Balaban J connectivity index is 0.00000180. The van der Waals surface area contributed by atoms with E-state index in [9.17, 15) is 14.4 Å². The fourth-order valence-corrected chi connectivity index (χ4v) is 2.05. The predicted molar refractivity (Wildman–Crippen MR) is 73.1 cm³/mol. The van der Waals surface area contributed by atoms with Gasteiger partial charge in [-0.15, -0.1) is 12.4 Å². The van der Waals surface area contributed by atoms with Crippen LogP contribution in [0.3, 0.4) is 0 Å². The zero-order valence-electron chi connectivity index (χ0n) is 10.4. The molecule has 0 bridgehead atoms. The van der Waals surface area contributed by atoms with Gasteiger partial charge in [0.2, 0.25) is 17.7 Å². The van der Waals surface area contributed by atoms with E-state index in [0.29, 0.717) is 18.5 Å². The van der Waals surface area contributed by atoms with E-state index < -0.39 is 0 Å². The Morgan fingerprint density at radius 2 is 2.11 bits per heavy atom. The first kappa shape index (κ1) is 15.2. The molecule has 1 heterocycles. The zero-order chi connectivity index (χ0) is 13.1. The monoisotopic (exact) mass is 282 g/mol. The van der Waals surface area contributed by atoms with E-state index in [0.717, 1.165) is 5.56 Å². The Kier molecular flexibility index (Phi) is 5.06. The first-order chi connectivity index (χ1) is 8.56. The molecule has 3 amide bonds. The SMILES string of the molecule is CC(=O)Nc1cccc(C2CCC(=O)NC2=O)c1.Cl. The van der Waals surface area contributed by atoms with Gasteiger partial charge < -0.3 is 5.32 Å². The van der Waals surface area contributed by atoms with Gasteiger partial charge in [-0.2, -0.15) is 0 Å². The number of halogens is 1. The van der Waals surface area contributed by atoms with Crippen LogP contribution < -0.4 is 10.6 Å². The van der Waals surface area contributed by atoms with E-state index in [-0.39, 0.29) is 36.0 Å². The third kappa shape index (κ3) is 3.79. The van der Waals surface area contributed by atoms with E-state index in [1.165, 1.54) is 6.92 Å². The quantitative estimate of drug-likeness (QED) is 0.809. The molecule has 0 aliphatic carbocycles. The van der Waals surface area contributed by atoms with Gasteiger partial charge in [0.05, 0.1) is 5.92 Å². The lowest BCUT2D eigenvalue weighted by Crippen LogP contribution is -2.39. The van der Waals surface area contributed by atoms with E-state index in [2.05, 4.69) is 10.6 Å². The summed E-state index contributed by atoms with van der Waals surface area (Å²) < 4.78 is 0. The summed E-state index contributed by atoms with van der Waals surface area (Å²) in [5.74, 6) is -0.979. The van der Waals surface area contributed by atoms with Crippen LogP contribution in [0.4, 0.5) is 5.69 Å². The molecule has 5 nitrogen and oxygen atoms in total. The lowest BCUT2D eigenvalue weighted by molar-refractivity contribution is -0.134. The topological polar surface area (TPSA) is 75.3 Å². The Hall–Kier alpha value is -1.88. The molecule has 1 unspecified atom stereocenters. The average Bonchev–Trinajstić information content (AvgIpc) is 2.28. The van der Waals surface area contributed by atoms with Gasteiger partial charge in [0.25, 0.3) is 0 Å². The molecular formula is C13H15ClN2O3. The van der Waals surface area contributed by atoms with Gasteiger partial charge in [-0.05, 0) is 24.1 Å². The number of rotatable bonds is 2. The van der Waals surface area contributed by atoms with Crippen LogP contribution in [0.25, 0.3) is 0 Å². The molecule has 0 aromatic heterocycles. The summed E-state index contributed by atoms with van der Waals surface area (Å²) in [5, 5.41) is 4.99. The first-order valence-corrected chi connectivity index (χ1v) is 5.77. The summed E-state index contributed by atoms with van der Waals surface area (Å²) in [6.45, 7) is 1.43. The molecule has 1 aliphatic rings. The number of nitrogens with one attached hydrogen (secondary N) is 2. The summed E-state index contributed by atoms with van der Waals surface area (Å²) in [4.78, 5) is 33.8. The highest BCUT2D eigenvalue weighted by Gasteiger charge is 2.27. The third-order valence-electron chi connectivity index (χ3n) is 2.85. The Labute approximate surface area is 117 Å². The fourth-order valence-electron chi connectivity index (χ4n) is 2.05. The second kappa shape index (κ2) is 6.33. The minimum absolute atomic E-state index is 0. The largest absolute Gasteiger partial charge is 0.326 e. The first-order valence-electron chi connectivity index (χ1n) is 5.77. The van der Waals surface area contributed by atoms with Gasteiger partial charge in [-0.3, -0.25) is 19.7 Å². The molecule has 19 heavy (non-hydrogen) atoms.